The van der Waals surface area contributed by atoms with Crippen molar-refractivity contribution in [2.45, 2.75) is 33.1 Å². The Bertz CT molecular complexity index is 393. The number of hydrogen-bond donors (Lipinski definition) is 2. The van der Waals surface area contributed by atoms with Gasteiger partial charge in [-0.05, 0) is 44.4 Å². The monoisotopic (exact) mass is 264 g/mol. The molecule has 1 aromatic rings. The minimum atomic E-state index is -0.0526. The summed E-state index contributed by atoms with van der Waals surface area (Å²) >= 11 is 0. The highest BCUT2D eigenvalue weighted by Crippen LogP contribution is 2.20. The third kappa shape index (κ3) is 5.75. The molecule has 1 amide bonds. The van der Waals surface area contributed by atoms with Crippen LogP contribution in [0.25, 0.3) is 0 Å². The van der Waals surface area contributed by atoms with E-state index in [0.717, 1.165) is 43.7 Å². The predicted molar refractivity (Wildman–Crippen MR) is 79.6 cm³/mol. The molecule has 19 heavy (non-hydrogen) atoms. The van der Waals surface area contributed by atoms with Crippen molar-refractivity contribution in [3.05, 3.63) is 24.3 Å². The molecule has 1 rings (SSSR count). The number of amides is 1. The lowest BCUT2D eigenvalue weighted by atomic mass is 10.2. The molecule has 0 saturated heterocycles. The molecular formula is C15H24N2O2. The zero-order valence-corrected chi connectivity index (χ0v) is 11.9. The van der Waals surface area contributed by atoms with Crippen molar-refractivity contribution >= 4 is 17.3 Å². The zero-order chi connectivity index (χ0) is 14.1. The number of nitrogens with one attached hydrogen (secondary N) is 1. The second kappa shape index (κ2) is 8.53. The van der Waals surface area contributed by atoms with E-state index in [1.807, 2.05) is 18.2 Å². The van der Waals surface area contributed by atoms with Gasteiger partial charge in [-0.15, -0.1) is 0 Å². The van der Waals surface area contributed by atoms with Crippen LogP contribution in [0.1, 0.15) is 33.1 Å². The number of carbonyl (C=O) groups excluding carboxylic acids is 1. The maximum atomic E-state index is 11.1. The quantitative estimate of drug-likeness (QED) is 0.710. The normalized spacial score (nSPS) is 10.3. The van der Waals surface area contributed by atoms with E-state index in [4.69, 9.17) is 5.11 Å². The minimum Gasteiger partial charge on any atom is -0.396 e. The van der Waals surface area contributed by atoms with Crippen molar-refractivity contribution in [1.82, 2.24) is 0 Å². The SMILES string of the molecule is CCN(CCCCCO)c1cccc(NC(C)=O)c1. The number of unbranched alkanes of at least 4 members (excludes halogenated alkanes) is 2. The van der Waals surface area contributed by atoms with Crippen molar-refractivity contribution in [3.63, 3.8) is 0 Å². The van der Waals surface area contributed by atoms with Crippen molar-refractivity contribution in [2.24, 2.45) is 0 Å². The fourth-order valence-electron chi connectivity index (χ4n) is 2.04. The van der Waals surface area contributed by atoms with Gasteiger partial charge in [0, 0.05) is 38.0 Å². The highest BCUT2D eigenvalue weighted by Gasteiger charge is 2.05. The van der Waals surface area contributed by atoms with E-state index >= 15 is 0 Å². The molecule has 0 atom stereocenters. The fraction of sp³-hybridized carbons (Fsp3) is 0.533. The van der Waals surface area contributed by atoms with E-state index in [-0.39, 0.29) is 12.5 Å². The number of nitrogens with zero attached hydrogens (tertiary/aromatic N) is 1. The van der Waals surface area contributed by atoms with E-state index in [1.54, 1.807) is 0 Å². The highest BCUT2D eigenvalue weighted by atomic mass is 16.2. The molecule has 0 aromatic heterocycles. The minimum absolute atomic E-state index is 0.0526. The molecule has 1 aromatic carbocycles. The molecule has 2 N–H and O–H groups in total. The molecule has 0 aliphatic carbocycles. The summed E-state index contributed by atoms with van der Waals surface area (Å²) in [5, 5.41) is 11.6. The molecule has 0 unspecified atom stereocenters. The molecule has 0 radical (unpaired) electrons. The summed E-state index contributed by atoms with van der Waals surface area (Å²) < 4.78 is 0. The molecule has 0 spiro atoms. The Morgan fingerprint density at radius 2 is 2.11 bits per heavy atom. The first-order chi connectivity index (χ1) is 9.17. The first-order valence-electron chi connectivity index (χ1n) is 6.90. The van der Waals surface area contributed by atoms with Crippen molar-refractivity contribution in [1.29, 1.82) is 0 Å². The second-order valence-corrected chi connectivity index (χ2v) is 4.60. The van der Waals surface area contributed by atoms with Gasteiger partial charge in [-0.3, -0.25) is 4.79 Å². The van der Waals surface area contributed by atoms with Gasteiger partial charge in [0.1, 0.15) is 0 Å². The number of aliphatic hydroxyl groups excluding tert-OH is 1. The standard InChI is InChI=1S/C15H24N2O2/c1-3-17(10-5-4-6-11-18)15-9-7-8-14(12-15)16-13(2)19/h7-9,12,18H,3-6,10-11H2,1-2H3,(H,16,19). The van der Waals surface area contributed by atoms with E-state index in [2.05, 4.69) is 23.2 Å². The van der Waals surface area contributed by atoms with Crippen LogP contribution in [0.5, 0.6) is 0 Å². The number of carbonyl (C=O) groups is 1. The van der Waals surface area contributed by atoms with Crippen LogP contribution in [0.3, 0.4) is 0 Å². The smallest absolute Gasteiger partial charge is 0.221 e. The molecule has 0 bridgehead atoms. The van der Waals surface area contributed by atoms with Crippen LogP contribution in [0, 0.1) is 0 Å². The van der Waals surface area contributed by atoms with Gasteiger partial charge in [-0.1, -0.05) is 6.07 Å². The van der Waals surface area contributed by atoms with Gasteiger partial charge in [0.2, 0.25) is 5.91 Å². The molecule has 0 fully saturated rings. The van der Waals surface area contributed by atoms with Crippen LogP contribution in [-0.4, -0.2) is 30.7 Å². The van der Waals surface area contributed by atoms with Crippen molar-refractivity contribution in [2.75, 3.05) is 29.9 Å². The summed E-state index contributed by atoms with van der Waals surface area (Å²) in [6.45, 7) is 5.81. The molecule has 0 aliphatic heterocycles. The van der Waals surface area contributed by atoms with Crippen LogP contribution in [0.15, 0.2) is 24.3 Å². The van der Waals surface area contributed by atoms with Gasteiger partial charge < -0.3 is 15.3 Å². The topological polar surface area (TPSA) is 52.6 Å². The summed E-state index contributed by atoms with van der Waals surface area (Å²) in [6, 6.07) is 7.90. The molecular weight excluding hydrogens is 240 g/mol. The summed E-state index contributed by atoms with van der Waals surface area (Å²) in [5.41, 5.74) is 1.96. The average Bonchev–Trinajstić information content (AvgIpc) is 2.38. The number of hydrogen-bond acceptors (Lipinski definition) is 3. The third-order valence-corrected chi connectivity index (χ3v) is 3.00. The lowest BCUT2D eigenvalue weighted by molar-refractivity contribution is -0.114. The molecule has 0 aliphatic rings. The zero-order valence-electron chi connectivity index (χ0n) is 11.9. The van der Waals surface area contributed by atoms with Crippen molar-refractivity contribution in [3.8, 4) is 0 Å². The van der Waals surface area contributed by atoms with Gasteiger partial charge in [-0.2, -0.15) is 0 Å². The van der Waals surface area contributed by atoms with E-state index < -0.39 is 0 Å². The Hall–Kier alpha value is -1.55. The Morgan fingerprint density at radius 1 is 1.32 bits per heavy atom. The number of benzene rings is 1. The first kappa shape index (κ1) is 15.5. The number of aliphatic hydroxyl groups is 1. The molecule has 106 valence electrons. The maximum Gasteiger partial charge on any atom is 0.221 e. The van der Waals surface area contributed by atoms with Crippen LogP contribution < -0.4 is 10.2 Å². The molecule has 4 nitrogen and oxygen atoms in total. The van der Waals surface area contributed by atoms with Crippen LogP contribution >= 0.6 is 0 Å². The Kier molecular flexibility index (Phi) is 6.97. The maximum absolute atomic E-state index is 11.1. The lowest BCUT2D eigenvalue weighted by Crippen LogP contribution is -2.24. The van der Waals surface area contributed by atoms with Gasteiger partial charge in [-0.25, -0.2) is 0 Å². The van der Waals surface area contributed by atoms with Gasteiger partial charge in [0.25, 0.3) is 0 Å². The Morgan fingerprint density at radius 3 is 2.74 bits per heavy atom. The third-order valence-electron chi connectivity index (χ3n) is 3.00. The molecule has 4 heteroatoms. The lowest BCUT2D eigenvalue weighted by Gasteiger charge is -2.23. The second-order valence-electron chi connectivity index (χ2n) is 4.60. The van der Waals surface area contributed by atoms with Crippen LogP contribution in [0.2, 0.25) is 0 Å². The first-order valence-corrected chi connectivity index (χ1v) is 6.90. The van der Waals surface area contributed by atoms with Gasteiger partial charge >= 0.3 is 0 Å². The fourth-order valence-corrected chi connectivity index (χ4v) is 2.04. The average molecular weight is 264 g/mol. The highest BCUT2D eigenvalue weighted by molar-refractivity contribution is 5.89. The summed E-state index contributed by atoms with van der Waals surface area (Å²) in [5.74, 6) is -0.0526. The van der Waals surface area contributed by atoms with Crippen molar-refractivity contribution < 1.29 is 9.90 Å². The van der Waals surface area contributed by atoms with E-state index in [0.29, 0.717) is 0 Å². The van der Waals surface area contributed by atoms with Crippen LogP contribution in [-0.2, 0) is 4.79 Å². The Labute approximate surface area is 115 Å². The van der Waals surface area contributed by atoms with E-state index in [1.165, 1.54) is 6.92 Å². The summed E-state index contributed by atoms with van der Waals surface area (Å²) in [4.78, 5) is 13.3. The number of rotatable bonds is 8. The Balaban J connectivity index is 2.61. The van der Waals surface area contributed by atoms with E-state index in [9.17, 15) is 4.79 Å². The molecule has 0 heterocycles. The summed E-state index contributed by atoms with van der Waals surface area (Å²) in [6.07, 6.45) is 2.97. The van der Waals surface area contributed by atoms with Gasteiger partial charge in [0.15, 0.2) is 0 Å². The largest absolute Gasteiger partial charge is 0.396 e. The summed E-state index contributed by atoms with van der Waals surface area (Å²) in [7, 11) is 0. The molecule has 0 saturated carbocycles. The number of anilines is 2. The van der Waals surface area contributed by atoms with Crippen LogP contribution in [0.4, 0.5) is 11.4 Å². The van der Waals surface area contributed by atoms with Gasteiger partial charge in [0.05, 0.1) is 0 Å². The predicted octanol–water partition coefficient (Wildman–Crippen LogP) is 2.63.